The molecule has 0 saturated heterocycles. The van der Waals surface area contributed by atoms with Crippen LogP contribution in [0.1, 0.15) is 24.2 Å². The molecule has 1 heterocycles. The molecule has 0 radical (unpaired) electrons. The van der Waals surface area contributed by atoms with Crippen LogP contribution in [-0.2, 0) is 11.2 Å². The molecule has 2 aromatic carbocycles. The summed E-state index contributed by atoms with van der Waals surface area (Å²) in [6, 6.07) is 17.5. The van der Waals surface area contributed by atoms with Crippen molar-refractivity contribution < 1.29 is 4.79 Å². The van der Waals surface area contributed by atoms with Crippen LogP contribution in [0, 0.1) is 0 Å². The van der Waals surface area contributed by atoms with Crippen molar-refractivity contribution in [3.63, 3.8) is 0 Å². The second-order valence-electron chi connectivity index (χ2n) is 5.50. The van der Waals surface area contributed by atoms with Crippen LogP contribution in [0.15, 0.2) is 60.0 Å². The molecule has 5 heteroatoms. The number of carbonyl (C=O) groups excluding carboxylic acids is 1. The molecule has 0 fully saturated rings. The van der Waals surface area contributed by atoms with E-state index in [0.717, 1.165) is 21.8 Å². The molecule has 1 unspecified atom stereocenters. The lowest BCUT2D eigenvalue weighted by Gasteiger charge is -2.13. The average molecular weight is 357 g/mol. The van der Waals surface area contributed by atoms with Crippen LogP contribution in [0.25, 0.3) is 10.6 Å². The second-order valence-corrected chi connectivity index (χ2v) is 6.77. The Balaban J connectivity index is 1.65. The van der Waals surface area contributed by atoms with E-state index in [1.165, 1.54) is 11.3 Å². The van der Waals surface area contributed by atoms with Gasteiger partial charge in [0.05, 0.1) is 23.2 Å². The van der Waals surface area contributed by atoms with Gasteiger partial charge in [-0.3, -0.25) is 4.79 Å². The van der Waals surface area contributed by atoms with E-state index in [1.807, 2.05) is 66.9 Å². The lowest BCUT2D eigenvalue weighted by Crippen LogP contribution is -2.28. The molecule has 0 saturated carbocycles. The normalized spacial score (nSPS) is 11.9. The Labute approximate surface area is 150 Å². The van der Waals surface area contributed by atoms with Crippen molar-refractivity contribution in [1.29, 1.82) is 0 Å². The number of amides is 1. The number of carbonyl (C=O) groups is 1. The number of thiazole rings is 1. The van der Waals surface area contributed by atoms with E-state index in [2.05, 4.69) is 10.3 Å². The van der Waals surface area contributed by atoms with Crippen LogP contribution in [0.2, 0.25) is 5.02 Å². The van der Waals surface area contributed by atoms with Gasteiger partial charge >= 0.3 is 0 Å². The largest absolute Gasteiger partial charge is 0.349 e. The minimum atomic E-state index is -0.0395. The second kappa shape index (κ2) is 7.60. The predicted octanol–water partition coefficient (Wildman–Crippen LogP) is 4.88. The summed E-state index contributed by atoms with van der Waals surface area (Å²) in [5.74, 6) is -0.0395. The summed E-state index contributed by atoms with van der Waals surface area (Å²) in [6.07, 6.45) is 0.262. The van der Waals surface area contributed by atoms with E-state index in [-0.39, 0.29) is 18.4 Å². The fourth-order valence-corrected chi connectivity index (χ4v) is 3.57. The van der Waals surface area contributed by atoms with Gasteiger partial charge in [0.15, 0.2) is 0 Å². The number of hydrogen-bond donors (Lipinski definition) is 1. The van der Waals surface area contributed by atoms with Gasteiger partial charge in [-0.1, -0.05) is 60.1 Å². The first kappa shape index (κ1) is 16.7. The Morgan fingerprint density at radius 2 is 1.88 bits per heavy atom. The summed E-state index contributed by atoms with van der Waals surface area (Å²) in [6.45, 7) is 1.98. The maximum atomic E-state index is 12.2. The highest BCUT2D eigenvalue weighted by Gasteiger charge is 2.13. The van der Waals surface area contributed by atoms with E-state index in [9.17, 15) is 4.79 Å². The molecule has 0 aliphatic heterocycles. The Morgan fingerprint density at radius 3 is 2.62 bits per heavy atom. The lowest BCUT2D eigenvalue weighted by molar-refractivity contribution is -0.121. The highest BCUT2D eigenvalue weighted by atomic mass is 35.5. The molecule has 0 spiro atoms. The minimum absolute atomic E-state index is 0.0274. The van der Waals surface area contributed by atoms with Gasteiger partial charge in [-0.2, -0.15) is 0 Å². The van der Waals surface area contributed by atoms with Gasteiger partial charge in [0.2, 0.25) is 5.91 Å². The Hall–Kier alpha value is -2.17. The molecule has 122 valence electrons. The first-order valence-corrected chi connectivity index (χ1v) is 8.93. The number of nitrogens with one attached hydrogen (secondary N) is 1. The van der Waals surface area contributed by atoms with Crippen LogP contribution in [0.4, 0.5) is 0 Å². The summed E-state index contributed by atoms with van der Waals surface area (Å²) in [5, 5.41) is 6.41. The zero-order chi connectivity index (χ0) is 16.9. The van der Waals surface area contributed by atoms with Gasteiger partial charge in [-0.05, 0) is 18.6 Å². The maximum Gasteiger partial charge on any atom is 0.226 e. The molecule has 3 aromatic rings. The SMILES string of the molecule is CC(NC(=O)Cc1csc(-c2ccccc2Cl)n1)c1ccccc1. The van der Waals surface area contributed by atoms with E-state index in [1.54, 1.807) is 0 Å². The predicted molar refractivity (Wildman–Crippen MR) is 99.3 cm³/mol. The third kappa shape index (κ3) is 4.02. The number of halogens is 1. The molecule has 0 aliphatic rings. The van der Waals surface area contributed by atoms with Gasteiger partial charge < -0.3 is 5.32 Å². The zero-order valence-corrected chi connectivity index (χ0v) is 14.8. The van der Waals surface area contributed by atoms with Crippen molar-refractivity contribution in [2.45, 2.75) is 19.4 Å². The van der Waals surface area contributed by atoms with Crippen molar-refractivity contribution >= 4 is 28.8 Å². The zero-order valence-electron chi connectivity index (χ0n) is 13.2. The third-order valence-corrected chi connectivity index (χ3v) is 4.93. The molecule has 0 aliphatic carbocycles. The van der Waals surface area contributed by atoms with E-state index >= 15 is 0 Å². The van der Waals surface area contributed by atoms with Crippen molar-refractivity contribution in [3.05, 3.63) is 76.3 Å². The summed E-state index contributed by atoms with van der Waals surface area (Å²) in [7, 11) is 0. The molecular weight excluding hydrogens is 340 g/mol. The molecule has 3 rings (SSSR count). The van der Waals surface area contributed by atoms with Gasteiger partial charge in [-0.15, -0.1) is 11.3 Å². The van der Waals surface area contributed by atoms with E-state index in [4.69, 9.17) is 11.6 Å². The molecule has 0 bridgehead atoms. The first-order chi connectivity index (χ1) is 11.6. The molecule has 3 nitrogen and oxygen atoms in total. The highest BCUT2D eigenvalue weighted by Crippen LogP contribution is 2.30. The van der Waals surface area contributed by atoms with Gasteiger partial charge in [0.25, 0.3) is 0 Å². The number of rotatable bonds is 5. The maximum absolute atomic E-state index is 12.2. The molecular formula is C19H17ClN2OS. The molecule has 1 aromatic heterocycles. The summed E-state index contributed by atoms with van der Waals surface area (Å²) < 4.78 is 0. The molecule has 24 heavy (non-hydrogen) atoms. The van der Waals surface area contributed by atoms with Crippen LogP contribution < -0.4 is 5.32 Å². The Morgan fingerprint density at radius 1 is 1.17 bits per heavy atom. The van der Waals surface area contributed by atoms with E-state index < -0.39 is 0 Å². The van der Waals surface area contributed by atoms with Gasteiger partial charge in [0, 0.05) is 10.9 Å². The average Bonchev–Trinajstić information content (AvgIpc) is 3.04. The summed E-state index contributed by atoms with van der Waals surface area (Å²) in [5.41, 5.74) is 2.74. The highest BCUT2D eigenvalue weighted by molar-refractivity contribution is 7.13. The Kier molecular flexibility index (Phi) is 5.28. The quantitative estimate of drug-likeness (QED) is 0.707. The number of benzene rings is 2. The van der Waals surface area contributed by atoms with Crippen molar-refractivity contribution in [2.24, 2.45) is 0 Å². The fourth-order valence-electron chi connectivity index (χ4n) is 2.43. The molecule has 1 amide bonds. The number of hydrogen-bond acceptors (Lipinski definition) is 3. The van der Waals surface area contributed by atoms with Crippen LogP contribution in [0.3, 0.4) is 0 Å². The summed E-state index contributed by atoms with van der Waals surface area (Å²) in [4.78, 5) is 16.8. The topological polar surface area (TPSA) is 42.0 Å². The monoisotopic (exact) mass is 356 g/mol. The standard InChI is InChI=1S/C19H17ClN2OS/c1-13(14-7-3-2-4-8-14)21-18(23)11-15-12-24-19(22-15)16-9-5-6-10-17(16)20/h2-10,12-13H,11H2,1H3,(H,21,23). The van der Waals surface area contributed by atoms with Crippen molar-refractivity contribution in [1.82, 2.24) is 10.3 Å². The number of nitrogens with zero attached hydrogens (tertiary/aromatic N) is 1. The van der Waals surface area contributed by atoms with Gasteiger partial charge in [-0.25, -0.2) is 4.98 Å². The van der Waals surface area contributed by atoms with Crippen LogP contribution >= 0.6 is 22.9 Å². The van der Waals surface area contributed by atoms with E-state index in [0.29, 0.717) is 5.02 Å². The lowest BCUT2D eigenvalue weighted by atomic mass is 10.1. The van der Waals surface area contributed by atoms with Gasteiger partial charge in [0.1, 0.15) is 5.01 Å². The third-order valence-electron chi connectivity index (χ3n) is 3.67. The molecule has 1 atom stereocenters. The van der Waals surface area contributed by atoms with Crippen molar-refractivity contribution in [3.8, 4) is 10.6 Å². The van der Waals surface area contributed by atoms with Crippen LogP contribution in [-0.4, -0.2) is 10.9 Å². The fraction of sp³-hybridized carbons (Fsp3) is 0.158. The van der Waals surface area contributed by atoms with Crippen LogP contribution in [0.5, 0.6) is 0 Å². The summed E-state index contributed by atoms with van der Waals surface area (Å²) >= 11 is 7.70. The minimum Gasteiger partial charge on any atom is -0.349 e. The Bertz CT molecular complexity index is 832. The van der Waals surface area contributed by atoms with Crippen molar-refractivity contribution in [2.75, 3.05) is 0 Å². The first-order valence-electron chi connectivity index (χ1n) is 7.67. The molecule has 1 N–H and O–H groups in total. The number of aromatic nitrogens is 1. The smallest absolute Gasteiger partial charge is 0.226 e.